The fourth-order valence-corrected chi connectivity index (χ4v) is 2.82. The van der Waals surface area contributed by atoms with E-state index in [1.54, 1.807) is 0 Å². The van der Waals surface area contributed by atoms with Gasteiger partial charge in [-0.15, -0.1) is 0 Å². The van der Waals surface area contributed by atoms with Crippen molar-refractivity contribution in [2.75, 3.05) is 0 Å². The van der Waals surface area contributed by atoms with Crippen molar-refractivity contribution in [2.45, 2.75) is 110 Å². The maximum absolute atomic E-state index is 11.5. The Kier molecular flexibility index (Phi) is 18.0. The number of nitrogens with two attached hydrogens (primary N) is 1. The Labute approximate surface area is 165 Å². The quantitative estimate of drug-likeness (QED) is 0.103. The molecule has 0 saturated heterocycles. The van der Waals surface area contributed by atoms with E-state index in [-0.39, 0.29) is 24.7 Å². The lowest BCUT2D eigenvalue weighted by molar-refractivity contribution is -0.136. The van der Waals surface area contributed by atoms with Gasteiger partial charge in [-0.2, -0.15) is 0 Å². The van der Waals surface area contributed by atoms with Gasteiger partial charge in [-0.25, -0.2) is 0 Å². The molecule has 0 rings (SSSR count). The van der Waals surface area contributed by atoms with Crippen LogP contribution in [0.15, 0.2) is 12.2 Å². The molecule has 0 heterocycles. The van der Waals surface area contributed by atoms with Crippen LogP contribution in [0.25, 0.3) is 0 Å². The normalized spacial score (nSPS) is 11.0. The molecule has 5 nitrogen and oxygen atoms in total. The largest absolute Gasteiger partial charge is 0.412 e. The monoisotopic (exact) mass is 380 g/mol. The van der Waals surface area contributed by atoms with Crippen LogP contribution < -0.4 is 5.73 Å². The molecule has 0 bridgehead atoms. The van der Waals surface area contributed by atoms with Crippen molar-refractivity contribution in [2.24, 2.45) is 5.73 Å². The first kappa shape index (κ1) is 25.4. The summed E-state index contributed by atoms with van der Waals surface area (Å²) in [6.07, 6.45) is 20.9. The Hall–Kier alpha value is -1.65. The van der Waals surface area contributed by atoms with Crippen molar-refractivity contribution >= 4 is 17.8 Å². The summed E-state index contributed by atoms with van der Waals surface area (Å²) >= 11 is 0. The van der Waals surface area contributed by atoms with Gasteiger partial charge in [-0.05, 0) is 32.1 Å². The summed E-state index contributed by atoms with van der Waals surface area (Å²) in [6, 6.07) is 0. The fourth-order valence-electron chi connectivity index (χ4n) is 2.82. The Balaban J connectivity index is 3.34. The number of esters is 1. The average Bonchev–Trinajstić information content (AvgIpc) is 2.63. The summed E-state index contributed by atoms with van der Waals surface area (Å²) in [5.74, 6) is -1.05. The maximum atomic E-state index is 11.5. The molecule has 0 atom stereocenters. The Morgan fingerprint density at radius 1 is 0.778 bits per heavy atom. The second-order valence-electron chi connectivity index (χ2n) is 7.20. The first-order chi connectivity index (χ1) is 13.1. The Bertz CT molecular complexity index is 433. The van der Waals surface area contributed by atoms with E-state index in [9.17, 15) is 9.59 Å². The number of hydrogen-bond acceptors (Lipinski definition) is 4. The van der Waals surface area contributed by atoms with Gasteiger partial charge in [0, 0.05) is 19.3 Å². The fraction of sp³-hybridized carbons (Fsp3) is 0.773. The summed E-state index contributed by atoms with van der Waals surface area (Å²) in [5.41, 5.74) is 4.99. The van der Waals surface area contributed by atoms with Crippen LogP contribution in [0.1, 0.15) is 110 Å². The summed E-state index contributed by atoms with van der Waals surface area (Å²) in [4.78, 5) is 22.1. The van der Waals surface area contributed by atoms with Crippen LogP contribution in [0.2, 0.25) is 0 Å². The molecule has 3 N–H and O–H groups in total. The minimum atomic E-state index is -0.493. The molecule has 0 saturated carbocycles. The van der Waals surface area contributed by atoms with Gasteiger partial charge in [-0.1, -0.05) is 70.4 Å². The maximum Gasteiger partial charge on any atom is 0.312 e. The lowest BCUT2D eigenvalue weighted by Crippen LogP contribution is -2.16. The predicted molar refractivity (Wildman–Crippen MR) is 112 cm³/mol. The van der Waals surface area contributed by atoms with E-state index < -0.39 is 5.91 Å². The molecule has 0 aliphatic carbocycles. The number of unbranched alkanes of at least 4 members (excludes halogenated alkanes) is 11. The Morgan fingerprint density at radius 2 is 1.30 bits per heavy atom. The third-order valence-electron chi connectivity index (χ3n) is 4.48. The first-order valence-corrected chi connectivity index (χ1v) is 10.8. The molecule has 0 spiro atoms. The minimum Gasteiger partial charge on any atom is -0.412 e. The van der Waals surface area contributed by atoms with E-state index in [1.165, 1.54) is 57.8 Å². The Morgan fingerprint density at radius 3 is 1.85 bits per heavy atom. The molecule has 0 aliphatic heterocycles. The van der Waals surface area contributed by atoms with Crippen LogP contribution in [0.4, 0.5) is 0 Å². The average molecular weight is 381 g/mol. The SMILES string of the molecule is CCCCCCCCC=CCCCCCCCC(=O)OC(=N)CCC(N)=O. The van der Waals surface area contributed by atoms with Crippen molar-refractivity contribution in [3.8, 4) is 0 Å². The zero-order valence-electron chi connectivity index (χ0n) is 17.3. The van der Waals surface area contributed by atoms with E-state index in [0.29, 0.717) is 6.42 Å². The third-order valence-corrected chi connectivity index (χ3v) is 4.48. The second-order valence-corrected chi connectivity index (χ2v) is 7.20. The van der Waals surface area contributed by atoms with Gasteiger partial charge < -0.3 is 10.5 Å². The van der Waals surface area contributed by atoms with E-state index in [2.05, 4.69) is 19.1 Å². The first-order valence-electron chi connectivity index (χ1n) is 10.8. The highest BCUT2D eigenvalue weighted by Gasteiger charge is 2.08. The molecule has 1 amide bonds. The summed E-state index contributed by atoms with van der Waals surface area (Å²) in [5, 5.41) is 7.45. The van der Waals surface area contributed by atoms with E-state index in [4.69, 9.17) is 15.9 Å². The highest BCUT2D eigenvalue weighted by atomic mass is 16.5. The highest BCUT2D eigenvalue weighted by molar-refractivity contribution is 5.89. The number of amides is 1. The number of ether oxygens (including phenoxy) is 1. The van der Waals surface area contributed by atoms with E-state index in [1.807, 2.05) is 0 Å². The molecule has 27 heavy (non-hydrogen) atoms. The molecule has 156 valence electrons. The standard InChI is InChI=1S/C22H40N2O3/c1-2-3-4-5-6-7-8-9-10-11-12-13-14-15-16-17-22(26)27-21(24)19-18-20(23)25/h9-10,24H,2-8,11-19H2,1H3,(H2,23,25). The van der Waals surface area contributed by atoms with E-state index >= 15 is 0 Å². The smallest absolute Gasteiger partial charge is 0.312 e. The highest BCUT2D eigenvalue weighted by Crippen LogP contribution is 2.10. The van der Waals surface area contributed by atoms with Crippen LogP contribution in [0, 0.1) is 5.41 Å². The van der Waals surface area contributed by atoms with Crippen LogP contribution in [-0.4, -0.2) is 17.8 Å². The minimum absolute atomic E-state index is 0.0412. The van der Waals surface area contributed by atoms with Gasteiger partial charge in [0.15, 0.2) is 5.90 Å². The number of carbonyl (C=O) groups is 2. The van der Waals surface area contributed by atoms with Crippen molar-refractivity contribution in [3.05, 3.63) is 12.2 Å². The molecule has 0 aromatic rings. The lowest BCUT2D eigenvalue weighted by Gasteiger charge is -2.04. The summed E-state index contributed by atoms with van der Waals surface area (Å²) in [6.45, 7) is 2.25. The molecule has 0 radical (unpaired) electrons. The van der Waals surface area contributed by atoms with Crippen LogP contribution >= 0.6 is 0 Å². The number of carbonyl (C=O) groups excluding carboxylic acids is 2. The molecule has 0 aromatic heterocycles. The molecule has 0 aliphatic rings. The van der Waals surface area contributed by atoms with Gasteiger partial charge in [0.25, 0.3) is 0 Å². The topological polar surface area (TPSA) is 93.2 Å². The van der Waals surface area contributed by atoms with Gasteiger partial charge >= 0.3 is 5.97 Å². The van der Waals surface area contributed by atoms with Crippen molar-refractivity contribution < 1.29 is 14.3 Å². The van der Waals surface area contributed by atoms with E-state index in [0.717, 1.165) is 25.7 Å². The number of nitrogens with one attached hydrogen (secondary N) is 1. The third kappa shape index (κ3) is 20.5. The van der Waals surface area contributed by atoms with Gasteiger partial charge in [0.2, 0.25) is 5.91 Å². The summed E-state index contributed by atoms with van der Waals surface area (Å²) < 4.78 is 4.85. The zero-order chi connectivity index (χ0) is 20.2. The lowest BCUT2D eigenvalue weighted by atomic mass is 10.1. The number of allylic oxidation sites excluding steroid dienone is 2. The number of rotatable bonds is 18. The van der Waals surface area contributed by atoms with Crippen molar-refractivity contribution in [3.63, 3.8) is 0 Å². The predicted octanol–water partition coefficient (Wildman–Crippen LogP) is 5.81. The molecular formula is C22H40N2O3. The molecule has 0 aromatic carbocycles. The number of primary amides is 1. The van der Waals surface area contributed by atoms with Crippen LogP contribution in [0.3, 0.4) is 0 Å². The van der Waals surface area contributed by atoms with Gasteiger partial charge in [0.05, 0.1) is 0 Å². The van der Waals surface area contributed by atoms with Crippen molar-refractivity contribution in [1.29, 1.82) is 5.41 Å². The number of hydrogen-bond donors (Lipinski definition) is 2. The van der Waals surface area contributed by atoms with Crippen LogP contribution in [-0.2, 0) is 14.3 Å². The van der Waals surface area contributed by atoms with Crippen LogP contribution in [0.5, 0.6) is 0 Å². The molecule has 0 unspecified atom stereocenters. The zero-order valence-corrected chi connectivity index (χ0v) is 17.3. The van der Waals surface area contributed by atoms with Crippen molar-refractivity contribution in [1.82, 2.24) is 0 Å². The second kappa shape index (κ2) is 19.1. The molecular weight excluding hydrogens is 340 g/mol. The molecule has 5 heteroatoms. The molecule has 0 fully saturated rings. The van der Waals surface area contributed by atoms with Gasteiger partial charge in [0.1, 0.15) is 0 Å². The summed E-state index contributed by atoms with van der Waals surface area (Å²) in [7, 11) is 0. The van der Waals surface area contributed by atoms with Gasteiger partial charge in [-0.3, -0.25) is 15.0 Å².